The summed E-state index contributed by atoms with van der Waals surface area (Å²) in [7, 11) is 0. The van der Waals surface area contributed by atoms with E-state index in [0.29, 0.717) is 5.88 Å². The largest absolute Gasteiger partial charge is 0.122 e. The lowest BCUT2D eigenvalue weighted by Gasteiger charge is -2.25. The van der Waals surface area contributed by atoms with Crippen molar-refractivity contribution in [3.8, 4) is 0 Å². The van der Waals surface area contributed by atoms with Crippen molar-refractivity contribution in [3.63, 3.8) is 0 Å². The van der Waals surface area contributed by atoms with Gasteiger partial charge in [-0.1, -0.05) is 32.9 Å². The van der Waals surface area contributed by atoms with Crippen LogP contribution < -0.4 is 0 Å². The Hall–Kier alpha value is -0.490. The number of halogens is 1. The van der Waals surface area contributed by atoms with Gasteiger partial charge in [-0.05, 0) is 53.4 Å². The topological polar surface area (TPSA) is 0 Å². The number of hydrogen-bond acceptors (Lipinski definition) is 0. The SMILES string of the molecule is CC(C)(C)c1cc(CCl)c2c(c1)CCCC2. The Morgan fingerprint density at radius 1 is 1.12 bits per heavy atom. The van der Waals surface area contributed by atoms with Crippen molar-refractivity contribution in [1.82, 2.24) is 0 Å². The lowest BCUT2D eigenvalue weighted by atomic mass is 9.80. The van der Waals surface area contributed by atoms with E-state index in [2.05, 4.69) is 32.9 Å². The Morgan fingerprint density at radius 2 is 1.81 bits per heavy atom. The second-order valence-electron chi connectivity index (χ2n) is 5.86. The van der Waals surface area contributed by atoms with Crippen LogP contribution in [0.2, 0.25) is 0 Å². The molecule has 1 aliphatic carbocycles. The zero-order valence-electron chi connectivity index (χ0n) is 10.6. The molecule has 0 aliphatic heterocycles. The van der Waals surface area contributed by atoms with Crippen molar-refractivity contribution >= 4 is 11.6 Å². The second kappa shape index (κ2) is 4.41. The first-order chi connectivity index (χ1) is 7.52. The first-order valence-electron chi connectivity index (χ1n) is 6.23. The molecule has 0 fully saturated rings. The van der Waals surface area contributed by atoms with E-state index in [-0.39, 0.29) is 5.41 Å². The summed E-state index contributed by atoms with van der Waals surface area (Å²) in [5.74, 6) is 0.659. The molecule has 1 aliphatic rings. The van der Waals surface area contributed by atoms with E-state index < -0.39 is 0 Å². The highest BCUT2D eigenvalue weighted by Gasteiger charge is 2.19. The van der Waals surface area contributed by atoms with Crippen LogP contribution in [-0.4, -0.2) is 0 Å². The summed E-state index contributed by atoms with van der Waals surface area (Å²) < 4.78 is 0. The first-order valence-corrected chi connectivity index (χ1v) is 6.77. The normalized spacial score (nSPS) is 16.0. The highest BCUT2D eigenvalue weighted by Crippen LogP contribution is 2.32. The summed E-state index contributed by atoms with van der Waals surface area (Å²) in [6, 6.07) is 4.72. The summed E-state index contributed by atoms with van der Waals surface area (Å²) in [6.45, 7) is 6.82. The van der Waals surface area contributed by atoms with Crippen molar-refractivity contribution in [1.29, 1.82) is 0 Å². The van der Waals surface area contributed by atoms with Gasteiger partial charge in [-0.3, -0.25) is 0 Å². The third-order valence-electron chi connectivity index (χ3n) is 3.57. The number of hydrogen-bond donors (Lipinski definition) is 0. The van der Waals surface area contributed by atoms with Gasteiger partial charge in [0.15, 0.2) is 0 Å². The summed E-state index contributed by atoms with van der Waals surface area (Å²) in [5, 5.41) is 0. The minimum Gasteiger partial charge on any atom is -0.122 e. The molecule has 1 aromatic carbocycles. The summed E-state index contributed by atoms with van der Waals surface area (Å²) >= 11 is 6.09. The van der Waals surface area contributed by atoms with Crippen molar-refractivity contribution in [2.75, 3.05) is 0 Å². The molecule has 2 rings (SSSR count). The molecule has 16 heavy (non-hydrogen) atoms. The molecule has 88 valence electrons. The molecule has 0 heterocycles. The predicted octanol–water partition coefficient (Wildman–Crippen LogP) is 4.60. The number of fused-ring (bicyclic) bond motifs is 1. The molecule has 0 bridgehead atoms. The third kappa shape index (κ3) is 2.27. The Morgan fingerprint density at radius 3 is 2.44 bits per heavy atom. The van der Waals surface area contributed by atoms with E-state index >= 15 is 0 Å². The van der Waals surface area contributed by atoms with Crippen LogP contribution in [0.3, 0.4) is 0 Å². The van der Waals surface area contributed by atoms with Gasteiger partial charge in [0.2, 0.25) is 0 Å². The van der Waals surface area contributed by atoms with Gasteiger partial charge in [-0.15, -0.1) is 11.6 Å². The van der Waals surface area contributed by atoms with Crippen LogP contribution in [0.25, 0.3) is 0 Å². The van der Waals surface area contributed by atoms with Crippen LogP contribution in [-0.2, 0) is 24.1 Å². The van der Waals surface area contributed by atoms with Crippen molar-refractivity contribution in [2.45, 2.75) is 57.7 Å². The fourth-order valence-corrected chi connectivity index (χ4v) is 2.75. The Kier molecular flexibility index (Phi) is 3.30. The van der Waals surface area contributed by atoms with Crippen LogP contribution in [0.1, 0.15) is 55.9 Å². The van der Waals surface area contributed by atoms with Crippen molar-refractivity contribution in [2.24, 2.45) is 0 Å². The molecule has 0 amide bonds. The van der Waals surface area contributed by atoms with Crippen LogP contribution in [0, 0.1) is 0 Å². The maximum absolute atomic E-state index is 6.09. The van der Waals surface area contributed by atoms with Gasteiger partial charge in [-0.2, -0.15) is 0 Å². The van der Waals surface area contributed by atoms with Gasteiger partial charge in [0.25, 0.3) is 0 Å². The lowest BCUT2D eigenvalue weighted by molar-refractivity contribution is 0.584. The number of rotatable bonds is 1. The summed E-state index contributed by atoms with van der Waals surface area (Å²) in [4.78, 5) is 0. The van der Waals surface area contributed by atoms with Crippen LogP contribution in [0.4, 0.5) is 0 Å². The van der Waals surface area contributed by atoms with Crippen molar-refractivity contribution < 1.29 is 0 Å². The number of aryl methyl sites for hydroxylation is 1. The van der Waals surface area contributed by atoms with Crippen LogP contribution in [0.5, 0.6) is 0 Å². The van der Waals surface area contributed by atoms with Gasteiger partial charge in [0.05, 0.1) is 0 Å². The van der Waals surface area contributed by atoms with E-state index in [1.807, 2.05) is 0 Å². The lowest BCUT2D eigenvalue weighted by Crippen LogP contribution is -2.15. The molecular formula is C15H21Cl. The first kappa shape index (κ1) is 12.0. The third-order valence-corrected chi connectivity index (χ3v) is 3.86. The minimum atomic E-state index is 0.229. The monoisotopic (exact) mass is 236 g/mol. The van der Waals surface area contributed by atoms with E-state index in [0.717, 1.165) is 0 Å². The van der Waals surface area contributed by atoms with E-state index in [4.69, 9.17) is 11.6 Å². The molecule has 0 saturated heterocycles. The number of alkyl halides is 1. The maximum atomic E-state index is 6.09. The highest BCUT2D eigenvalue weighted by molar-refractivity contribution is 6.17. The zero-order valence-corrected chi connectivity index (χ0v) is 11.3. The average molecular weight is 237 g/mol. The number of benzene rings is 1. The van der Waals surface area contributed by atoms with E-state index in [1.54, 1.807) is 5.56 Å². The van der Waals surface area contributed by atoms with Gasteiger partial charge in [0.1, 0.15) is 0 Å². The predicted molar refractivity (Wildman–Crippen MR) is 71.3 cm³/mol. The van der Waals surface area contributed by atoms with Gasteiger partial charge in [0, 0.05) is 5.88 Å². The Labute approximate surface area is 104 Å². The fourth-order valence-electron chi connectivity index (χ4n) is 2.51. The molecular weight excluding hydrogens is 216 g/mol. The molecule has 0 N–H and O–H groups in total. The quantitative estimate of drug-likeness (QED) is 0.625. The maximum Gasteiger partial charge on any atom is 0.0476 e. The molecule has 0 atom stereocenters. The van der Waals surface area contributed by atoms with Crippen LogP contribution in [0.15, 0.2) is 12.1 Å². The zero-order chi connectivity index (χ0) is 11.8. The molecule has 0 unspecified atom stereocenters. The molecule has 1 aromatic rings. The van der Waals surface area contributed by atoms with E-state index in [9.17, 15) is 0 Å². The Bertz CT molecular complexity index is 368. The standard InChI is InChI=1S/C15H21Cl/c1-15(2,3)13-8-11-6-4-5-7-14(11)12(9-13)10-16/h8-9H,4-7,10H2,1-3H3. The summed E-state index contributed by atoms with van der Waals surface area (Å²) in [6.07, 6.45) is 5.12. The van der Waals surface area contributed by atoms with E-state index in [1.165, 1.54) is 42.4 Å². The highest BCUT2D eigenvalue weighted by atomic mass is 35.5. The minimum absolute atomic E-state index is 0.229. The average Bonchev–Trinajstić information content (AvgIpc) is 2.26. The molecule has 0 aromatic heterocycles. The van der Waals surface area contributed by atoms with Gasteiger partial charge in [-0.25, -0.2) is 0 Å². The molecule has 0 spiro atoms. The molecule has 0 saturated carbocycles. The van der Waals surface area contributed by atoms with Crippen LogP contribution >= 0.6 is 11.6 Å². The summed E-state index contributed by atoms with van der Waals surface area (Å²) in [5.41, 5.74) is 6.11. The van der Waals surface area contributed by atoms with Gasteiger partial charge >= 0.3 is 0 Å². The van der Waals surface area contributed by atoms with Crippen molar-refractivity contribution in [3.05, 3.63) is 34.4 Å². The van der Waals surface area contributed by atoms with Gasteiger partial charge < -0.3 is 0 Å². The Balaban J connectivity index is 2.52. The molecule has 0 radical (unpaired) electrons. The fraction of sp³-hybridized carbons (Fsp3) is 0.600. The second-order valence-corrected chi connectivity index (χ2v) is 6.13. The molecule has 1 heteroatoms. The molecule has 0 nitrogen and oxygen atoms in total. The smallest absolute Gasteiger partial charge is 0.0476 e.